The third-order valence-corrected chi connectivity index (χ3v) is 2.95. The maximum absolute atomic E-state index is 11.9. The molecule has 0 saturated heterocycles. The van der Waals surface area contributed by atoms with Gasteiger partial charge in [-0.05, 0) is 29.7 Å². The molecule has 6 N–H and O–H groups in total. The van der Waals surface area contributed by atoms with E-state index in [9.17, 15) is 9.59 Å². The predicted octanol–water partition coefficient (Wildman–Crippen LogP) is 1.88. The quantitative estimate of drug-likeness (QED) is 0.674. The number of carbonyl (C=O) groups excluding carboxylic acids is 2. The molecule has 20 heavy (non-hydrogen) atoms. The van der Waals surface area contributed by atoms with Gasteiger partial charge in [0.25, 0.3) is 0 Å². The van der Waals surface area contributed by atoms with Crippen LogP contribution in [0.5, 0.6) is 0 Å². The summed E-state index contributed by atoms with van der Waals surface area (Å²) < 4.78 is 0. The number of anilines is 2. The van der Waals surface area contributed by atoms with Gasteiger partial charge in [-0.15, -0.1) is 0 Å². The Bertz CT molecular complexity index is 477. The summed E-state index contributed by atoms with van der Waals surface area (Å²) in [5.41, 5.74) is 12.1. The maximum atomic E-state index is 11.9. The topological polar surface area (TPSA) is 110 Å². The Kier molecular flexibility index (Phi) is 5.10. The average molecular weight is 278 g/mol. The molecule has 0 saturated carbocycles. The average Bonchev–Trinajstić information content (AvgIpc) is 2.29. The fourth-order valence-corrected chi connectivity index (χ4v) is 1.50. The monoisotopic (exact) mass is 278 g/mol. The van der Waals surface area contributed by atoms with E-state index >= 15 is 0 Å². The molecule has 0 aliphatic heterocycles. The molecule has 0 bridgehead atoms. The molecule has 1 unspecified atom stereocenters. The van der Waals surface area contributed by atoms with Gasteiger partial charge in [-0.3, -0.25) is 4.79 Å². The molecule has 1 aromatic carbocycles. The molecule has 110 valence electrons. The van der Waals surface area contributed by atoms with Crippen molar-refractivity contribution in [3.05, 3.63) is 24.3 Å². The molecule has 0 fully saturated rings. The van der Waals surface area contributed by atoms with Crippen molar-refractivity contribution < 1.29 is 9.59 Å². The summed E-state index contributed by atoms with van der Waals surface area (Å²) >= 11 is 0. The van der Waals surface area contributed by atoms with Crippen molar-refractivity contribution in [3.63, 3.8) is 0 Å². The molecular weight excluding hydrogens is 256 g/mol. The molecule has 0 heterocycles. The van der Waals surface area contributed by atoms with Gasteiger partial charge in [-0.2, -0.15) is 0 Å². The molecular formula is C14H22N4O2. The first-order valence-electron chi connectivity index (χ1n) is 6.40. The number of rotatable bonds is 4. The predicted molar refractivity (Wildman–Crippen MR) is 80.3 cm³/mol. The Morgan fingerprint density at radius 2 is 1.55 bits per heavy atom. The highest BCUT2D eigenvalue weighted by Crippen LogP contribution is 2.20. The molecule has 1 aromatic rings. The number of hydrogen-bond donors (Lipinski definition) is 4. The van der Waals surface area contributed by atoms with Gasteiger partial charge in [0.05, 0.1) is 0 Å². The fourth-order valence-electron chi connectivity index (χ4n) is 1.50. The molecule has 1 atom stereocenters. The van der Waals surface area contributed by atoms with Crippen LogP contribution in [0.25, 0.3) is 0 Å². The van der Waals surface area contributed by atoms with Crippen molar-refractivity contribution in [3.8, 4) is 0 Å². The molecule has 0 aromatic heterocycles. The van der Waals surface area contributed by atoms with Gasteiger partial charge in [-0.1, -0.05) is 20.8 Å². The smallest absolute Gasteiger partial charge is 0.316 e. The Morgan fingerprint density at radius 3 is 1.95 bits per heavy atom. The van der Waals surface area contributed by atoms with Crippen LogP contribution < -0.4 is 22.1 Å². The van der Waals surface area contributed by atoms with Crippen LogP contribution in [0.15, 0.2) is 24.3 Å². The molecule has 0 spiro atoms. The molecule has 0 radical (unpaired) electrons. The van der Waals surface area contributed by atoms with Crippen molar-refractivity contribution in [2.24, 2.45) is 16.9 Å². The van der Waals surface area contributed by atoms with Gasteiger partial charge in [0, 0.05) is 23.8 Å². The van der Waals surface area contributed by atoms with E-state index in [0.29, 0.717) is 11.4 Å². The standard InChI is InChI=1S/C14H22N4O2/c1-14(2,3)11(15)8-12(19)17-9-4-6-10(7-5-9)18-13(16)20/h4-7,11H,8,15H2,1-3H3,(H,17,19)(H3,16,18,20). The van der Waals surface area contributed by atoms with Gasteiger partial charge in [0.1, 0.15) is 0 Å². The number of amides is 3. The van der Waals surface area contributed by atoms with Crippen LogP contribution in [0.2, 0.25) is 0 Å². The van der Waals surface area contributed by atoms with E-state index in [2.05, 4.69) is 10.6 Å². The zero-order valence-electron chi connectivity index (χ0n) is 12.1. The van der Waals surface area contributed by atoms with Crippen LogP contribution in [-0.4, -0.2) is 18.0 Å². The lowest BCUT2D eigenvalue weighted by molar-refractivity contribution is -0.117. The molecule has 0 aliphatic carbocycles. The third kappa shape index (κ3) is 5.27. The van der Waals surface area contributed by atoms with E-state index in [4.69, 9.17) is 11.5 Å². The number of nitrogens with one attached hydrogen (secondary N) is 2. The van der Waals surface area contributed by atoms with Crippen molar-refractivity contribution in [1.29, 1.82) is 0 Å². The van der Waals surface area contributed by atoms with Gasteiger partial charge in [0.2, 0.25) is 5.91 Å². The lowest BCUT2D eigenvalue weighted by Crippen LogP contribution is -2.38. The van der Waals surface area contributed by atoms with Crippen LogP contribution in [0, 0.1) is 5.41 Å². The van der Waals surface area contributed by atoms with E-state index in [-0.39, 0.29) is 23.8 Å². The van der Waals surface area contributed by atoms with Crippen molar-refractivity contribution >= 4 is 23.3 Å². The Balaban J connectivity index is 2.56. The first-order valence-corrected chi connectivity index (χ1v) is 6.40. The largest absolute Gasteiger partial charge is 0.351 e. The summed E-state index contributed by atoms with van der Waals surface area (Å²) in [6.45, 7) is 5.99. The van der Waals surface area contributed by atoms with Crippen molar-refractivity contribution in [2.45, 2.75) is 33.2 Å². The summed E-state index contributed by atoms with van der Waals surface area (Å²) in [6, 6.07) is 5.85. The van der Waals surface area contributed by atoms with E-state index in [0.717, 1.165) is 0 Å². The highest BCUT2D eigenvalue weighted by atomic mass is 16.2. The Labute approximate surface area is 118 Å². The van der Waals surface area contributed by atoms with E-state index in [1.54, 1.807) is 24.3 Å². The fraction of sp³-hybridized carbons (Fsp3) is 0.429. The molecule has 6 nitrogen and oxygen atoms in total. The van der Waals surface area contributed by atoms with Gasteiger partial charge in [0.15, 0.2) is 0 Å². The number of benzene rings is 1. The second-order valence-corrected chi connectivity index (χ2v) is 5.79. The van der Waals surface area contributed by atoms with Gasteiger partial charge >= 0.3 is 6.03 Å². The molecule has 0 aliphatic rings. The van der Waals surface area contributed by atoms with Crippen molar-refractivity contribution in [1.82, 2.24) is 0 Å². The minimum atomic E-state index is -0.627. The van der Waals surface area contributed by atoms with Crippen LogP contribution in [0.4, 0.5) is 16.2 Å². The molecule has 1 rings (SSSR count). The lowest BCUT2D eigenvalue weighted by Gasteiger charge is -2.26. The summed E-state index contributed by atoms with van der Waals surface area (Å²) in [5.74, 6) is -0.136. The maximum Gasteiger partial charge on any atom is 0.316 e. The van der Waals surface area contributed by atoms with Gasteiger partial charge < -0.3 is 22.1 Å². The van der Waals surface area contributed by atoms with E-state index in [1.165, 1.54) is 0 Å². The number of primary amides is 1. The second-order valence-electron chi connectivity index (χ2n) is 5.79. The minimum Gasteiger partial charge on any atom is -0.351 e. The molecule has 3 amide bonds. The van der Waals surface area contributed by atoms with Crippen LogP contribution in [-0.2, 0) is 4.79 Å². The second kappa shape index (κ2) is 6.38. The summed E-state index contributed by atoms with van der Waals surface area (Å²) in [4.78, 5) is 22.5. The van der Waals surface area contributed by atoms with E-state index in [1.807, 2.05) is 20.8 Å². The minimum absolute atomic E-state index is 0.118. The summed E-state index contributed by atoms with van der Waals surface area (Å²) in [6.07, 6.45) is 0.255. The lowest BCUT2D eigenvalue weighted by atomic mass is 9.85. The zero-order chi connectivity index (χ0) is 15.3. The first kappa shape index (κ1) is 16.0. The number of nitrogens with two attached hydrogens (primary N) is 2. The van der Waals surface area contributed by atoms with Gasteiger partial charge in [-0.25, -0.2) is 4.79 Å². The van der Waals surface area contributed by atoms with Crippen LogP contribution >= 0.6 is 0 Å². The number of urea groups is 1. The Hall–Kier alpha value is -2.08. The summed E-state index contributed by atoms with van der Waals surface area (Å²) in [7, 11) is 0. The number of carbonyl (C=O) groups is 2. The summed E-state index contributed by atoms with van der Waals surface area (Å²) in [5, 5.41) is 5.21. The Morgan fingerprint density at radius 1 is 1.10 bits per heavy atom. The third-order valence-electron chi connectivity index (χ3n) is 2.95. The molecule has 6 heteroatoms. The number of hydrogen-bond acceptors (Lipinski definition) is 3. The zero-order valence-corrected chi connectivity index (χ0v) is 12.1. The highest BCUT2D eigenvalue weighted by molar-refractivity contribution is 5.92. The normalized spacial score (nSPS) is 12.6. The van der Waals surface area contributed by atoms with Crippen LogP contribution in [0.1, 0.15) is 27.2 Å². The van der Waals surface area contributed by atoms with Crippen molar-refractivity contribution in [2.75, 3.05) is 10.6 Å². The first-order chi connectivity index (χ1) is 9.18. The van der Waals surface area contributed by atoms with E-state index < -0.39 is 6.03 Å². The highest BCUT2D eigenvalue weighted by Gasteiger charge is 2.23. The van der Waals surface area contributed by atoms with Crippen LogP contribution in [0.3, 0.4) is 0 Å². The SMILES string of the molecule is CC(C)(C)C(N)CC(=O)Nc1ccc(NC(N)=O)cc1.